The van der Waals surface area contributed by atoms with Crippen molar-refractivity contribution in [3.05, 3.63) is 80.5 Å². The van der Waals surface area contributed by atoms with Gasteiger partial charge in [-0.3, -0.25) is 9.79 Å². The van der Waals surface area contributed by atoms with Crippen LogP contribution in [0.1, 0.15) is 17.0 Å². The fraction of sp³-hybridized carbons (Fsp3) is 0.222. The number of allylic oxidation sites excluding steroid dienone is 1. The Hall–Kier alpha value is -2.05. The lowest BCUT2D eigenvalue weighted by atomic mass is 9.99. The zero-order valence-electron chi connectivity index (χ0n) is 13.0. The molecule has 2 aromatic rings. The first-order valence-electron chi connectivity index (χ1n) is 7.46. The third-order valence-corrected chi connectivity index (χ3v) is 4.65. The lowest BCUT2D eigenvalue weighted by Gasteiger charge is -2.17. The number of pyridine rings is 1. The van der Waals surface area contributed by atoms with Crippen molar-refractivity contribution in [2.24, 2.45) is 4.99 Å². The minimum absolute atomic E-state index is 0.0812. The number of halogens is 2. The number of methoxy groups -OCH3 is 1. The second-order valence-corrected chi connectivity index (χ2v) is 6.28. The molecule has 0 spiro atoms. The summed E-state index contributed by atoms with van der Waals surface area (Å²) in [6.45, 7) is 0.315. The number of hydrogen-bond donors (Lipinski definition) is 0. The Balaban J connectivity index is 1.87. The first-order valence-corrected chi connectivity index (χ1v) is 8.25. The van der Waals surface area contributed by atoms with Gasteiger partial charge < -0.3 is 9.30 Å². The number of dihydropyridines is 1. The van der Waals surface area contributed by atoms with Crippen LogP contribution in [-0.2, 0) is 11.3 Å². The molecule has 0 bridgehead atoms. The molecule has 6 heteroatoms. The van der Waals surface area contributed by atoms with Gasteiger partial charge in [0.2, 0.25) is 0 Å². The Morgan fingerprint density at radius 2 is 2.17 bits per heavy atom. The zero-order chi connectivity index (χ0) is 17.1. The normalized spacial score (nSPS) is 19.6. The molecule has 0 saturated carbocycles. The van der Waals surface area contributed by atoms with Gasteiger partial charge in [-0.05, 0) is 51.3 Å². The maximum absolute atomic E-state index is 13.3. The van der Waals surface area contributed by atoms with Gasteiger partial charge in [0.25, 0.3) is 5.56 Å². The number of benzene rings is 1. The third-order valence-electron chi connectivity index (χ3n) is 3.86. The van der Waals surface area contributed by atoms with E-state index >= 15 is 0 Å². The van der Waals surface area contributed by atoms with Crippen molar-refractivity contribution < 1.29 is 9.13 Å². The highest BCUT2D eigenvalue weighted by Gasteiger charge is 2.17. The predicted molar refractivity (Wildman–Crippen MR) is 95.1 cm³/mol. The second kappa shape index (κ2) is 7.23. The standard InChI is InChI=1S/C18H16BrFN2O2/c1-24-16-6-5-13(10-21-16)15-7-8-22(18(23)17(15)19)11-12-3-2-4-14(20)9-12/h2-10,13,16H,11H2,1H3. The van der Waals surface area contributed by atoms with E-state index in [0.717, 1.165) is 11.1 Å². The molecular weight excluding hydrogens is 375 g/mol. The van der Waals surface area contributed by atoms with E-state index in [9.17, 15) is 9.18 Å². The monoisotopic (exact) mass is 390 g/mol. The molecule has 4 nitrogen and oxygen atoms in total. The minimum Gasteiger partial charge on any atom is -0.356 e. The molecule has 2 atom stereocenters. The first kappa shape index (κ1) is 16.8. The summed E-state index contributed by atoms with van der Waals surface area (Å²) in [4.78, 5) is 16.8. The third kappa shape index (κ3) is 3.55. The molecule has 2 heterocycles. The molecule has 0 saturated heterocycles. The molecule has 0 radical (unpaired) electrons. The van der Waals surface area contributed by atoms with Gasteiger partial charge in [0.1, 0.15) is 5.82 Å². The topological polar surface area (TPSA) is 43.6 Å². The van der Waals surface area contributed by atoms with Crippen LogP contribution in [0.25, 0.3) is 0 Å². The van der Waals surface area contributed by atoms with E-state index < -0.39 is 0 Å². The van der Waals surface area contributed by atoms with Crippen LogP contribution >= 0.6 is 15.9 Å². The van der Waals surface area contributed by atoms with Gasteiger partial charge in [-0.2, -0.15) is 0 Å². The zero-order valence-corrected chi connectivity index (χ0v) is 14.6. The molecule has 0 fully saturated rings. The van der Waals surface area contributed by atoms with Gasteiger partial charge in [0.05, 0.1) is 11.0 Å². The van der Waals surface area contributed by atoms with E-state index in [4.69, 9.17) is 4.74 Å². The second-order valence-electron chi connectivity index (χ2n) is 5.48. The Labute approximate surface area is 147 Å². The highest BCUT2D eigenvalue weighted by atomic mass is 79.9. The number of aromatic nitrogens is 1. The van der Waals surface area contributed by atoms with Gasteiger partial charge in [0, 0.05) is 25.4 Å². The summed E-state index contributed by atoms with van der Waals surface area (Å²) >= 11 is 3.39. The highest BCUT2D eigenvalue weighted by molar-refractivity contribution is 9.10. The maximum atomic E-state index is 13.3. The summed E-state index contributed by atoms with van der Waals surface area (Å²) < 4.78 is 20.5. The molecule has 0 N–H and O–H groups in total. The predicted octanol–water partition coefficient (Wildman–Crippen LogP) is 3.49. The van der Waals surface area contributed by atoms with Crippen LogP contribution in [0.4, 0.5) is 4.39 Å². The van der Waals surface area contributed by atoms with Crippen molar-refractivity contribution in [2.45, 2.75) is 18.7 Å². The quantitative estimate of drug-likeness (QED) is 0.749. The molecule has 3 rings (SSSR count). The number of rotatable bonds is 4. The fourth-order valence-corrected chi connectivity index (χ4v) is 3.21. The molecule has 0 aliphatic carbocycles. The van der Waals surface area contributed by atoms with E-state index in [1.807, 2.05) is 18.2 Å². The summed E-state index contributed by atoms with van der Waals surface area (Å²) in [7, 11) is 1.59. The summed E-state index contributed by atoms with van der Waals surface area (Å²) in [6, 6.07) is 8.11. The van der Waals surface area contributed by atoms with Crippen LogP contribution in [0.15, 0.2) is 62.9 Å². The van der Waals surface area contributed by atoms with E-state index in [1.165, 1.54) is 12.1 Å². The van der Waals surface area contributed by atoms with Crippen LogP contribution < -0.4 is 5.56 Å². The van der Waals surface area contributed by atoms with Crippen molar-refractivity contribution >= 4 is 22.1 Å². The first-order chi connectivity index (χ1) is 11.6. The average molecular weight is 391 g/mol. The number of aliphatic imine (C=N–C) groups is 1. The lowest BCUT2D eigenvalue weighted by Crippen LogP contribution is -2.23. The summed E-state index contributed by atoms with van der Waals surface area (Å²) in [5.41, 5.74) is 1.41. The molecule has 2 unspecified atom stereocenters. The molecule has 24 heavy (non-hydrogen) atoms. The van der Waals surface area contributed by atoms with Crippen molar-refractivity contribution in [3.63, 3.8) is 0 Å². The molecule has 0 amide bonds. The highest BCUT2D eigenvalue weighted by Crippen LogP contribution is 2.24. The van der Waals surface area contributed by atoms with Crippen LogP contribution in [0.3, 0.4) is 0 Å². The van der Waals surface area contributed by atoms with Crippen molar-refractivity contribution in [1.29, 1.82) is 0 Å². The van der Waals surface area contributed by atoms with Crippen molar-refractivity contribution in [3.8, 4) is 0 Å². The smallest absolute Gasteiger partial charge is 0.265 e. The molecule has 1 aromatic heterocycles. The Bertz CT molecular complexity index is 846. The largest absolute Gasteiger partial charge is 0.356 e. The average Bonchev–Trinajstić information content (AvgIpc) is 2.59. The Morgan fingerprint density at radius 1 is 1.33 bits per heavy atom. The van der Waals surface area contributed by atoms with Gasteiger partial charge in [-0.1, -0.05) is 18.2 Å². The van der Waals surface area contributed by atoms with Crippen LogP contribution in [0.2, 0.25) is 0 Å². The number of hydrogen-bond acceptors (Lipinski definition) is 3. The van der Waals surface area contributed by atoms with E-state index in [-0.39, 0.29) is 23.5 Å². The number of nitrogens with zero attached hydrogens (tertiary/aromatic N) is 2. The lowest BCUT2D eigenvalue weighted by molar-refractivity contribution is 0.147. The van der Waals surface area contributed by atoms with Crippen LogP contribution in [0, 0.1) is 5.82 Å². The fourth-order valence-electron chi connectivity index (χ4n) is 2.59. The van der Waals surface area contributed by atoms with Crippen molar-refractivity contribution in [2.75, 3.05) is 7.11 Å². The molecule has 1 aliphatic heterocycles. The molecular formula is C18H16BrFN2O2. The van der Waals surface area contributed by atoms with Gasteiger partial charge >= 0.3 is 0 Å². The summed E-state index contributed by atoms with van der Waals surface area (Å²) in [5.74, 6) is -0.394. The van der Waals surface area contributed by atoms with E-state index in [0.29, 0.717) is 11.0 Å². The minimum atomic E-state index is -0.313. The van der Waals surface area contributed by atoms with Crippen LogP contribution in [0.5, 0.6) is 0 Å². The number of ether oxygens (including phenoxy) is 1. The summed E-state index contributed by atoms with van der Waals surface area (Å²) in [6.07, 6.45) is 7.03. The van der Waals surface area contributed by atoms with E-state index in [2.05, 4.69) is 20.9 Å². The molecule has 1 aliphatic rings. The Kier molecular flexibility index (Phi) is 5.06. The van der Waals surface area contributed by atoms with Crippen LogP contribution in [-0.4, -0.2) is 24.1 Å². The van der Waals surface area contributed by atoms with Gasteiger partial charge in [-0.25, -0.2) is 4.39 Å². The summed E-state index contributed by atoms with van der Waals surface area (Å²) in [5, 5.41) is 0. The maximum Gasteiger partial charge on any atom is 0.265 e. The van der Waals surface area contributed by atoms with Gasteiger partial charge in [0.15, 0.2) is 6.23 Å². The van der Waals surface area contributed by atoms with E-state index in [1.54, 1.807) is 36.2 Å². The molecule has 1 aromatic carbocycles. The molecule has 124 valence electrons. The SMILES string of the molecule is COC1C=CC(c2ccn(Cc3cccc(F)c3)c(=O)c2Br)C=N1. The van der Waals surface area contributed by atoms with Crippen molar-refractivity contribution in [1.82, 2.24) is 4.57 Å². The Morgan fingerprint density at radius 3 is 2.83 bits per heavy atom. The van der Waals surface area contributed by atoms with Gasteiger partial charge in [-0.15, -0.1) is 0 Å².